The van der Waals surface area contributed by atoms with Gasteiger partial charge in [-0.1, -0.05) is 36.6 Å². The first-order valence-electron chi connectivity index (χ1n) is 13.3. The molecule has 0 aromatic carbocycles. The van der Waals surface area contributed by atoms with Gasteiger partial charge in [0.25, 0.3) is 0 Å². The van der Waals surface area contributed by atoms with Crippen LogP contribution in [0.1, 0.15) is 85.0 Å². The molecule has 3 nitrogen and oxygen atoms in total. The zero-order valence-electron chi connectivity index (χ0n) is 20.2. The number of nitrogens with zero attached hydrogens (tertiary/aromatic N) is 1. The highest BCUT2D eigenvalue weighted by Gasteiger charge is 2.58. The van der Waals surface area contributed by atoms with E-state index in [0.717, 1.165) is 37.0 Å². The number of aliphatic hydroxyl groups excluding tert-OH is 1. The van der Waals surface area contributed by atoms with Crippen molar-refractivity contribution >= 4 is 0 Å². The van der Waals surface area contributed by atoms with Gasteiger partial charge in [-0.25, -0.2) is 0 Å². The van der Waals surface area contributed by atoms with Gasteiger partial charge < -0.3 is 14.7 Å². The van der Waals surface area contributed by atoms with Crippen LogP contribution in [0, 0.1) is 29.1 Å². The Kier molecular flexibility index (Phi) is 4.85. The van der Waals surface area contributed by atoms with Gasteiger partial charge in [0.1, 0.15) is 0 Å². The van der Waals surface area contributed by atoms with Crippen LogP contribution in [0.3, 0.4) is 0 Å². The number of ether oxygens (including phenoxy) is 1. The largest absolute Gasteiger partial charge is 0.393 e. The fourth-order valence-electron chi connectivity index (χ4n) is 9.46. The molecule has 2 aliphatic heterocycles. The molecule has 0 aromatic rings. The van der Waals surface area contributed by atoms with Crippen LogP contribution in [0.25, 0.3) is 0 Å². The molecule has 1 spiro atoms. The highest BCUT2D eigenvalue weighted by atomic mass is 16.5. The molecule has 1 N–H and O–H groups in total. The molecule has 2 heterocycles. The number of likely N-dealkylation sites (tertiary alicyclic amines) is 1. The van der Waals surface area contributed by atoms with Crippen LogP contribution < -0.4 is 0 Å². The van der Waals surface area contributed by atoms with Crippen molar-refractivity contribution in [3.63, 3.8) is 0 Å². The summed E-state index contributed by atoms with van der Waals surface area (Å²) >= 11 is 0. The van der Waals surface area contributed by atoms with Gasteiger partial charge in [-0.05, 0) is 108 Å². The summed E-state index contributed by atoms with van der Waals surface area (Å²) in [7, 11) is 2.32. The lowest BCUT2D eigenvalue weighted by atomic mass is 9.56. The van der Waals surface area contributed by atoms with Crippen LogP contribution in [0.15, 0.2) is 22.8 Å². The van der Waals surface area contributed by atoms with Crippen LogP contribution in [0.2, 0.25) is 0 Å². The number of fused-ring (bicyclic) bond motifs is 6. The summed E-state index contributed by atoms with van der Waals surface area (Å²) in [6.45, 7) is 8.72. The minimum absolute atomic E-state index is 0.0688. The molecule has 3 heteroatoms. The van der Waals surface area contributed by atoms with Gasteiger partial charge in [-0.2, -0.15) is 0 Å². The average Bonchev–Trinajstić information content (AvgIpc) is 3.20. The Hall–Kier alpha value is -0.640. The van der Waals surface area contributed by atoms with Gasteiger partial charge in [-0.15, -0.1) is 0 Å². The second kappa shape index (κ2) is 7.18. The van der Waals surface area contributed by atoms with E-state index in [0.29, 0.717) is 23.5 Å². The predicted octanol–water partition coefficient (Wildman–Crippen LogP) is 5.49. The van der Waals surface area contributed by atoms with Crippen molar-refractivity contribution in [3.05, 3.63) is 22.8 Å². The first kappa shape index (κ1) is 20.9. The van der Waals surface area contributed by atoms with Crippen molar-refractivity contribution in [2.24, 2.45) is 29.1 Å². The van der Waals surface area contributed by atoms with Crippen molar-refractivity contribution < 1.29 is 9.84 Å². The van der Waals surface area contributed by atoms with E-state index in [9.17, 15) is 5.11 Å². The lowest BCUT2D eigenvalue weighted by molar-refractivity contribution is -0.0720. The SMILES string of the molecule is CC1=C2CC3C(CC=C4CC(O)CCC43C)C2CCC2(C1)OC1CCCN(C)C1C2C. The molecular formula is C28H43NO2. The molecule has 9 atom stereocenters. The van der Waals surface area contributed by atoms with Gasteiger partial charge in [0.2, 0.25) is 0 Å². The van der Waals surface area contributed by atoms with Crippen LogP contribution in [-0.2, 0) is 4.74 Å². The Bertz CT molecular complexity index is 816. The molecule has 2 saturated carbocycles. The molecule has 6 rings (SSSR count). The summed E-state index contributed by atoms with van der Waals surface area (Å²) in [4.78, 5) is 2.60. The first-order chi connectivity index (χ1) is 14.8. The van der Waals surface area contributed by atoms with Gasteiger partial charge in [0.05, 0.1) is 17.8 Å². The van der Waals surface area contributed by atoms with Gasteiger partial charge in [0, 0.05) is 12.0 Å². The van der Waals surface area contributed by atoms with E-state index in [-0.39, 0.29) is 11.7 Å². The minimum atomic E-state index is -0.105. The summed E-state index contributed by atoms with van der Waals surface area (Å²) < 4.78 is 7.03. The maximum atomic E-state index is 10.3. The van der Waals surface area contributed by atoms with Crippen LogP contribution >= 0.6 is 0 Å². The summed E-state index contributed by atoms with van der Waals surface area (Å²) in [5.41, 5.74) is 5.46. The third-order valence-corrected chi connectivity index (χ3v) is 11.2. The number of hydrogen-bond donors (Lipinski definition) is 1. The van der Waals surface area contributed by atoms with Crippen molar-refractivity contribution in [1.82, 2.24) is 4.90 Å². The lowest BCUT2D eigenvalue weighted by Crippen LogP contribution is -2.47. The van der Waals surface area contributed by atoms with E-state index in [1.54, 1.807) is 11.1 Å². The Morgan fingerprint density at radius 1 is 1.16 bits per heavy atom. The Morgan fingerprint density at radius 2 is 2.00 bits per heavy atom. The number of aliphatic hydroxyl groups is 1. The van der Waals surface area contributed by atoms with Crippen LogP contribution in [0.5, 0.6) is 0 Å². The topological polar surface area (TPSA) is 32.7 Å². The Morgan fingerprint density at radius 3 is 2.81 bits per heavy atom. The number of piperidine rings is 1. The Balaban J connectivity index is 1.29. The highest BCUT2D eigenvalue weighted by molar-refractivity contribution is 5.33. The molecular weight excluding hydrogens is 382 g/mol. The molecule has 0 aromatic heterocycles. The maximum absolute atomic E-state index is 10.3. The van der Waals surface area contributed by atoms with Crippen molar-refractivity contribution in [2.75, 3.05) is 13.6 Å². The summed E-state index contributed by atoms with van der Waals surface area (Å²) in [6, 6.07) is 0.616. The van der Waals surface area contributed by atoms with E-state index >= 15 is 0 Å². The summed E-state index contributed by atoms with van der Waals surface area (Å²) in [5, 5.41) is 10.3. The fraction of sp³-hybridized carbons (Fsp3) is 0.857. The molecule has 4 aliphatic carbocycles. The summed E-state index contributed by atoms with van der Waals surface area (Å²) in [6.07, 6.45) is 14.8. The van der Waals surface area contributed by atoms with Gasteiger partial charge in [-0.3, -0.25) is 0 Å². The van der Waals surface area contributed by atoms with E-state index < -0.39 is 0 Å². The van der Waals surface area contributed by atoms with E-state index in [1.807, 2.05) is 5.57 Å². The number of likely N-dealkylation sites (N-methyl/N-ethyl adjacent to an activating group) is 1. The smallest absolute Gasteiger partial charge is 0.0765 e. The molecule has 172 valence electrons. The third kappa shape index (κ3) is 2.95. The van der Waals surface area contributed by atoms with Crippen LogP contribution in [0.4, 0.5) is 0 Å². The first-order valence-corrected chi connectivity index (χ1v) is 13.3. The van der Waals surface area contributed by atoms with Crippen molar-refractivity contribution in [3.8, 4) is 0 Å². The normalized spacial score (nSPS) is 52.3. The van der Waals surface area contributed by atoms with E-state index in [2.05, 4.69) is 38.8 Å². The molecule has 4 fully saturated rings. The minimum Gasteiger partial charge on any atom is -0.393 e. The zero-order chi connectivity index (χ0) is 21.5. The van der Waals surface area contributed by atoms with E-state index in [4.69, 9.17) is 4.74 Å². The molecule has 6 aliphatic rings. The molecule has 2 saturated heterocycles. The third-order valence-electron chi connectivity index (χ3n) is 11.2. The van der Waals surface area contributed by atoms with Gasteiger partial charge >= 0.3 is 0 Å². The summed E-state index contributed by atoms with van der Waals surface area (Å²) in [5.74, 6) is 3.00. The predicted molar refractivity (Wildman–Crippen MR) is 125 cm³/mol. The monoisotopic (exact) mass is 425 g/mol. The van der Waals surface area contributed by atoms with Gasteiger partial charge in [0.15, 0.2) is 0 Å². The van der Waals surface area contributed by atoms with Crippen molar-refractivity contribution in [2.45, 2.75) is 109 Å². The lowest BCUT2D eigenvalue weighted by Gasteiger charge is -2.49. The molecule has 31 heavy (non-hydrogen) atoms. The molecule has 9 unspecified atom stereocenters. The highest BCUT2D eigenvalue weighted by Crippen LogP contribution is 2.63. The number of rotatable bonds is 0. The standard InChI is InChI=1S/C28H43NO2/c1-17-16-28(18(2)26-25(31-28)6-5-13-29(26)4)12-10-21-22-8-7-19-14-20(30)9-11-27(19,3)24(22)15-23(17)21/h7,18,20-22,24-26,30H,5-6,8-16H2,1-4H3. The average molecular weight is 426 g/mol. The van der Waals surface area contributed by atoms with E-state index in [1.165, 1.54) is 51.5 Å². The fourth-order valence-corrected chi connectivity index (χ4v) is 9.46. The Labute approximate surface area is 189 Å². The molecule has 0 bridgehead atoms. The van der Waals surface area contributed by atoms with Crippen LogP contribution in [-0.4, -0.2) is 47.4 Å². The molecule has 0 radical (unpaired) electrons. The second-order valence-corrected chi connectivity index (χ2v) is 12.5. The maximum Gasteiger partial charge on any atom is 0.0765 e. The number of hydrogen-bond acceptors (Lipinski definition) is 3. The number of allylic oxidation sites excluding steroid dienone is 2. The quantitative estimate of drug-likeness (QED) is 0.521. The van der Waals surface area contributed by atoms with Crippen molar-refractivity contribution in [1.29, 1.82) is 0 Å². The zero-order valence-corrected chi connectivity index (χ0v) is 20.2. The molecule has 0 amide bonds. The second-order valence-electron chi connectivity index (χ2n) is 12.5.